The zero-order valence-corrected chi connectivity index (χ0v) is 18.3. The number of nitrogens with one attached hydrogen (secondary N) is 1. The summed E-state index contributed by atoms with van der Waals surface area (Å²) in [6, 6.07) is 21.7. The average molecular weight is 452 g/mol. The highest BCUT2D eigenvalue weighted by atomic mass is 16.6. The van der Waals surface area contributed by atoms with Gasteiger partial charge in [0.15, 0.2) is 12.4 Å². The highest BCUT2D eigenvalue weighted by Gasteiger charge is 2.12. The smallest absolute Gasteiger partial charge is 0.349 e. The van der Waals surface area contributed by atoms with Crippen LogP contribution < -0.4 is 14.8 Å². The molecule has 9 heteroatoms. The van der Waals surface area contributed by atoms with Gasteiger partial charge < -0.3 is 14.8 Å². The van der Waals surface area contributed by atoms with Crippen LogP contribution in [0.2, 0.25) is 0 Å². The lowest BCUT2D eigenvalue weighted by Crippen LogP contribution is -2.17. The molecule has 3 aromatic heterocycles. The van der Waals surface area contributed by atoms with E-state index in [-0.39, 0.29) is 6.61 Å². The molecule has 168 valence electrons. The molecule has 0 atom stereocenters. The summed E-state index contributed by atoms with van der Waals surface area (Å²) in [4.78, 5) is 25.2. The van der Waals surface area contributed by atoms with E-state index >= 15 is 0 Å². The molecule has 0 aliphatic rings. The van der Waals surface area contributed by atoms with E-state index in [1.54, 1.807) is 53.3 Å². The fraction of sp³-hybridized carbons (Fsp3) is 0.0800. The number of rotatable bonds is 7. The van der Waals surface area contributed by atoms with E-state index in [2.05, 4.69) is 25.4 Å². The average Bonchev–Trinajstić information content (AvgIpc) is 3.29. The third-order valence-corrected chi connectivity index (χ3v) is 4.82. The number of aryl methyl sites for hydroxylation is 1. The monoisotopic (exact) mass is 452 g/mol. The van der Waals surface area contributed by atoms with Crippen molar-refractivity contribution in [1.82, 2.24) is 24.6 Å². The van der Waals surface area contributed by atoms with Gasteiger partial charge in [-0.3, -0.25) is 4.98 Å². The number of aromatic nitrogens is 5. The number of benzene rings is 2. The maximum absolute atomic E-state index is 12.1. The Labute approximate surface area is 195 Å². The Morgan fingerprint density at radius 2 is 1.79 bits per heavy atom. The van der Waals surface area contributed by atoms with Crippen LogP contribution in [0.15, 0.2) is 85.2 Å². The number of hydrogen-bond acceptors (Lipinski definition) is 8. The lowest BCUT2D eigenvalue weighted by molar-refractivity contribution is -0.136. The third kappa shape index (κ3) is 4.83. The van der Waals surface area contributed by atoms with Crippen molar-refractivity contribution in [2.75, 3.05) is 11.9 Å². The van der Waals surface area contributed by atoms with Gasteiger partial charge in [-0.15, -0.1) is 5.10 Å². The van der Waals surface area contributed by atoms with Crippen LogP contribution in [0.4, 0.5) is 11.5 Å². The van der Waals surface area contributed by atoms with Crippen LogP contribution in [0.3, 0.4) is 0 Å². The van der Waals surface area contributed by atoms with Crippen LogP contribution in [0.1, 0.15) is 5.69 Å². The quantitative estimate of drug-likeness (QED) is 0.289. The Kier molecular flexibility index (Phi) is 5.81. The third-order valence-electron chi connectivity index (χ3n) is 4.82. The van der Waals surface area contributed by atoms with Crippen LogP contribution in [-0.2, 0) is 4.79 Å². The molecule has 0 aliphatic heterocycles. The van der Waals surface area contributed by atoms with Gasteiger partial charge in [0, 0.05) is 35.4 Å². The number of nitrogens with zero attached hydrogens (tertiary/aromatic N) is 5. The van der Waals surface area contributed by atoms with E-state index in [0.29, 0.717) is 28.9 Å². The second-order valence-electron chi connectivity index (χ2n) is 7.40. The predicted molar refractivity (Wildman–Crippen MR) is 126 cm³/mol. The van der Waals surface area contributed by atoms with E-state index in [9.17, 15) is 4.79 Å². The van der Waals surface area contributed by atoms with Crippen molar-refractivity contribution in [3.05, 3.63) is 90.9 Å². The van der Waals surface area contributed by atoms with Gasteiger partial charge in [0.2, 0.25) is 0 Å². The van der Waals surface area contributed by atoms with Crippen LogP contribution in [0.5, 0.6) is 11.5 Å². The lowest BCUT2D eigenvalue weighted by atomic mass is 10.3. The molecule has 0 amide bonds. The first-order valence-corrected chi connectivity index (χ1v) is 10.5. The van der Waals surface area contributed by atoms with Crippen LogP contribution in [0.25, 0.3) is 17.2 Å². The van der Waals surface area contributed by atoms with E-state index in [1.165, 1.54) is 0 Å². The zero-order valence-electron chi connectivity index (χ0n) is 18.3. The predicted octanol–water partition coefficient (Wildman–Crippen LogP) is 4.22. The minimum atomic E-state index is -0.485. The van der Waals surface area contributed by atoms with Crippen molar-refractivity contribution in [2.24, 2.45) is 0 Å². The number of pyridine rings is 1. The Balaban J connectivity index is 1.28. The molecule has 3 heterocycles. The molecule has 0 spiro atoms. The van der Waals surface area contributed by atoms with Gasteiger partial charge in [-0.05, 0) is 55.5 Å². The summed E-state index contributed by atoms with van der Waals surface area (Å²) in [5.74, 6) is 2.26. The van der Waals surface area contributed by atoms with Crippen molar-refractivity contribution in [3.63, 3.8) is 0 Å². The van der Waals surface area contributed by atoms with Crippen LogP contribution in [-0.4, -0.2) is 37.1 Å². The van der Waals surface area contributed by atoms with Crippen LogP contribution >= 0.6 is 0 Å². The number of anilines is 2. The summed E-state index contributed by atoms with van der Waals surface area (Å²) in [7, 11) is 0. The second kappa shape index (κ2) is 9.37. The van der Waals surface area contributed by atoms with E-state index in [1.807, 2.05) is 43.3 Å². The maximum atomic E-state index is 12.1. The molecule has 5 rings (SSSR count). The Morgan fingerprint density at radius 1 is 0.971 bits per heavy atom. The molecule has 34 heavy (non-hydrogen) atoms. The Hall–Kier alpha value is -4.79. The first-order chi connectivity index (χ1) is 16.6. The summed E-state index contributed by atoms with van der Waals surface area (Å²) in [5.41, 5.74) is 2.38. The van der Waals surface area contributed by atoms with Gasteiger partial charge in [-0.2, -0.15) is 9.50 Å². The van der Waals surface area contributed by atoms with Crippen molar-refractivity contribution >= 4 is 23.3 Å². The molecular formula is C25H20N6O3. The first kappa shape index (κ1) is 21.1. The Bertz CT molecular complexity index is 1420. The van der Waals surface area contributed by atoms with Crippen molar-refractivity contribution < 1.29 is 14.3 Å². The molecule has 0 radical (unpaired) electrons. The molecule has 0 bridgehead atoms. The van der Waals surface area contributed by atoms with Gasteiger partial charge in [0.05, 0.1) is 0 Å². The number of ether oxygens (including phenoxy) is 2. The van der Waals surface area contributed by atoms with Crippen molar-refractivity contribution in [2.45, 2.75) is 6.92 Å². The topological polar surface area (TPSA) is 104 Å². The molecule has 0 unspecified atom stereocenters. The minimum absolute atomic E-state index is 0.177. The number of esters is 1. The lowest BCUT2D eigenvalue weighted by Gasteiger charge is -2.10. The normalized spacial score (nSPS) is 10.7. The number of hydrogen-bond donors (Lipinski definition) is 1. The number of carbonyl (C=O) groups is 1. The first-order valence-electron chi connectivity index (χ1n) is 10.5. The number of para-hydroxylation sites is 1. The highest BCUT2D eigenvalue weighted by molar-refractivity contribution is 5.74. The minimum Gasteiger partial charge on any atom is -0.482 e. The second-order valence-corrected chi connectivity index (χ2v) is 7.40. The fourth-order valence-corrected chi connectivity index (χ4v) is 3.27. The van der Waals surface area contributed by atoms with Gasteiger partial charge in [0.1, 0.15) is 17.3 Å². The number of fused-ring (bicyclic) bond motifs is 1. The molecule has 0 saturated heterocycles. The van der Waals surface area contributed by atoms with E-state index in [4.69, 9.17) is 9.47 Å². The highest BCUT2D eigenvalue weighted by Crippen LogP contribution is 2.23. The summed E-state index contributed by atoms with van der Waals surface area (Å²) >= 11 is 0. The molecule has 0 fully saturated rings. The molecule has 5 aromatic rings. The largest absolute Gasteiger partial charge is 0.482 e. The van der Waals surface area contributed by atoms with Gasteiger partial charge >= 0.3 is 5.97 Å². The van der Waals surface area contributed by atoms with Gasteiger partial charge in [-0.25, -0.2) is 9.78 Å². The maximum Gasteiger partial charge on any atom is 0.349 e. The molecule has 2 aromatic carbocycles. The summed E-state index contributed by atoms with van der Waals surface area (Å²) < 4.78 is 12.4. The van der Waals surface area contributed by atoms with Crippen molar-refractivity contribution in [1.29, 1.82) is 0 Å². The molecule has 0 saturated carbocycles. The van der Waals surface area contributed by atoms with Gasteiger partial charge in [0.25, 0.3) is 5.78 Å². The van der Waals surface area contributed by atoms with Crippen LogP contribution in [0, 0.1) is 6.92 Å². The standard InChI is InChI=1S/C25H20N6O3/c1-17-14-22(31-25(27-17)29-24(30-31)18-6-5-13-26-15-18)28-19-9-11-21(12-10-19)34-23(32)16-33-20-7-3-2-4-8-20/h2-15,28H,16H2,1H3. The fourth-order valence-electron chi connectivity index (χ4n) is 3.27. The molecule has 9 nitrogen and oxygen atoms in total. The molecule has 0 aliphatic carbocycles. The summed E-state index contributed by atoms with van der Waals surface area (Å²) in [5, 5.41) is 7.90. The molecular weight excluding hydrogens is 432 g/mol. The van der Waals surface area contributed by atoms with Crippen molar-refractivity contribution in [3.8, 4) is 22.9 Å². The SMILES string of the molecule is Cc1cc(Nc2ccc(OC(=O)COc3ccccc3)cc2)n2nc(-c3cccnc3)nc2n1. The Morgan fingerprint density at radius 3 is 2.56 bits per heavy atom. The number of carbonyl (C=O) groups excluding carboxylic acids is 1. The molecule has 1 N–H and O–H groups in total. The van der Waals surface area contributed by atoms with E-state index < -0.39 is 5.97 Å². The van der Waals surface area contributed by atoms with E-state index in [0.717, 1.165) is 16.9 Å². The van der Waals surface area contributed by atoms with Gasteiger partial charge in [-0.1, -0.05) is 18.2 Å². The summed E-state index contributed by atoms with van der Waals surface area (Å²) in [6.45, 7) is 1.72. The zero-order chi connectivity index (χ0) is 23.3. The summed E-state index contributed by atoms with van der Waals surface area (Å²) in [6.07, 6.45) is 3.41.